The standard InChI is InChI=1S/C17H17FN4O3S.ClH/c1-19-11-12-9-16(22(21-12)15-7-4-8-20-17(15)18)26(23,24)14-6-3-5-13(10-14)25-2;/h3-10,19H,11H2,1-2H3;1H. The summed E-state index contributed by atoms with van der Waals surface area (Å²) in [6, 6.07) is 10.4. The van der Waals surface area contributed by atoms with Crippen LogP contribution in [0.2, 0.25) is 0 Å². The van der Waals surface area contributed by atoms with Gasteiger partial charge in [-0.1, -0.05) is 6.07 Å². The molecule has 27 heavy (non-hydrogen) atoms. The number of halogens is 2. The van der Waals surface area contributed by atoms with Crippen LogP contribution in [0.1, 0.15) is 5.69 Å². The Balaban J connectivity index is 0.00000261. The zero-order valence-electron chi connectivity index (χ0n) is 14.6. The van der Waals surface area contributed by atoms with Crippen molar-refractivity contribution >= 4 is 22.2 Å². The molecular formula is C17H18ClFN4O3S. The predicted octanol–water partition coefficient (Wildman–Crippen LogP) is 2.39. The summed E-state index contributed by atoms with van der Waals surface area (Å²) in [7, 11) is -0.808. The molecule has 144 valence electrons. The van der Waals surface area contributed by atoms with E-state index in [1.165, 1.54) is 43.6 Å². The van der Waals surface area contributed by atoms with Crippen molar-refractivity contribution in [1.82, 2.24) is 20.1 Å². The first-order valence-electron chi connectivity index (χ1n) is 7.71. The average Bonchev–Trinajstić information content (AvgIpc) is 3.07. The van der Waals surface area contributed by atoms with Crippen LogP contribution in [0.15, 0.2) is 58.6 Å². The Kier molecular flexibility index (Phi) is 6.53. The lowest BCUT2D eigenvalue weighted by atomic mass is 10.3. The van der Waals surface area contributed by atoms with Crippen molar-refractivity contribution in [3.8, 4) is 11.4 Å². The third-order valence-corrected chi connectivity index (χ3v) is 5.40. The molecule has 0 unspecified atom stereocenters. The monoisotopic (exact) mass is 412 g/mol. The first-order chi connectivity index (χ1) is 12.5. The molecule has 7 nitrogen and oxygen atoms in total. The van der Waals surface area contributed by atoms with Gasteiger partial charge in [-0.25, -0.2) is 18.1 Å². The van der Waals surface area contributed by atoms with E-state index in [0.29, 0.717) is 18.0 Å². The van der Waals surface area contributed by atoms with Crippen molar-refractivity contribution in [1.29, 1.82) is 0 Å². The maximum Gasteiger partial charge on any atom is 0.238 e. The van der Waals surface area contributed by atoms with E-state index in [4.69, 9.17) is 4.74 Å². The fourth-order valence-corrected chi connectivity index (χ4v) is 3.89. The number of methoxy groups -OCH3 is 1. The molecule has 0 aliphatic carbocycles. The number of nitrogens with one attached hydrogen (secondary N) is 1. The van der Waals surface area contributed by atoms with Gasteiger partial charge in [-0.05, 0) is 37.4 Å². The molecule has 0 amide bonds. The van der Waals surface area contributed by atoms with Crippen LogP contribution in [0.5, 0.6) is 5.75 Å². The largest absolute Gasteiger partial charge is 0.497 e. The number of rotatable bonds is 6. The van der Waals surface area contributed by atoms with Crippen LogP contribution in [0.3, 0.4) is 0 Å². The van der Waals surface area contributed by atoms with Crippen molar-refractivity contribution in [2.24, 2.45) is 0 Å². The highest BCUT2D eigenvalue weighted by Crippen LogP contribution is 2.27. The van der Waals surface area contributed by atoms with Gasteiger partial charge in [0.05, 0.1) is 17.7 Å². The fraction of sp³-hybridized carbons (Fsp3) is 0.176. The molecule has 3 rings (SSSR count). The highest BCUT2D eigenvalue weighted by molar-refractivity contribution is 7.91. The van der Waals surface area contributed by atoms with Gasteiger partial charge in [0.15, 0.2) is 5.03 Å². The second-order valence-corrected chi connectivity index (χ2v) is 7.31. The van der Waals surface area contributed by atoms with E-state index in [2.05, 4.69) is 15.4 Å². The minimum Gasteiger partial charge on any atom is -0.497 e. The molecule has 2 heterocycles. The molecule has 0 radical (unpaired) electrons. The van der Waals surface area contributed by atoms with Gasteiger partial charge in [0.1, 0.15) is 11.4 Å². The lowest BCUT2D eigenvalue weighted by Crippen LogP contribution is -2.12. The van der Waals surface area contributed by atoms with Gasteiger partial charge in [0.25, 0.3) is 0 Å². The summed E-state index contributed by atoms with van der Waals surface area (Å²) in [4.78, 5) is 3.60. The normalized spacial score (nSPS) is 11.1. The van der Waals surface area contributed by atoms with Gasteiger partial charge < -0.3 is 10.1 Å². The molecule has 0 spiro atoms. The molecule has 1 aromatic carbocycles. The van der Waals surface area contributed by atoms with Gasteiger partial charge in [-0.2, -0.15) is 9.49 Å². The molecule has 0 aliphatic rings. The third-order valence-electron chi connectivity index (χ3n) is 3.68. The molecule has 0 aliphatic heterocycles. The van der Waals surface area contributed by atoms with Gasteiger partial charge >= 0.3 is 0 Å². The first kappa shape index (κ1) is 20.8. The molecule has 0 saturated heterocycles. The minimum absolute atomic E-state index is 0. The number of hydrogen-bond donors (Lipinski definition) is 1. The van der Waals surface area contributed by atoms with Crippen LogP contribution in [0.4, 0.5) is 4.39 Å². The molecular weight excluding hydrogens is 395 g/mol. The van der Waals surface area contributed by atoms with Crippen LogP contribution in [0.25, 0.3) is 5.69 Å². The number of sulfone groups is 1. The van der Waals surface area contributed by atoms with Crippen molar-refractivity contribution < 1.29 is 17.5 Å². The average molecular weight is 413 g/mol. The maximum atomic E-state index is 14.2. The SMILES string of the molecule is CNCc1cc(S(=O)(=O)c2cccc(OC)c2)n(-c2cccnc2F)n1.Cl. The van der Waals surface area contributed by atoms with Gasteiger partial charge in [0, 0.05) is 18.8 Å². The first-order valence-corrected chi connectivity index (χ1v) is 9.19. The highest BCUT2D eigenvalue weighted by atomic mass is 35.5. The van der Waals surface area contributed by atoms with Gasteiger partial charge in [0.2, 0.25) is 15.8 Å². The van der Waals surface area contributed by atoms with E-state index in [0.717, 1.165) is 4.68 Å². The molecule has 0 fully saturated rings. The number of pyridine rings is 1. The van der Waals surface area contributed by atoms with Crippen LogP contribution < -0.4 is 10.1 Å². The minimum atomic E-state index is -3.97. The van der Waals surface area contributed by atoms with E-state index in [1.54, 1.807) is 19.2 Å². The Morgan fingerprint density at radius 1 is 1.22 bits per heavy atom. The second kappa shape index (κ2) is 8.47. The molecule has 1 N–H and O–H groups in total. The smallest absolute Gasteiger partial charge is 0.238 e. The summed E-state index contributed by atoms with van der Waals surface area (Å²) in [5, 5.41) is 6.98. The lowest BCUT2D eigenvalue weighted by Gasteiger charge is -2.09. The van der Waals surface area contributed by atoms with E-state index >= 15 is 0 Å². The summed E-state index contributed by atoms with van der Waals surface area (Å²) < 4.78 is 46.6. The number of aromatic nitrogens is 3. The van der Waals surface area contributed by atoms with E-state index in [9.17, 15) is 12.8 Å². The van der Waals surface area contributed by atoms with E-state index < -0.39 is 15.8 Å². The second-order valence-electron chi connectivity index (χ2n) is 5.41. The summed E-state index contributed by atoms with van der Waals surface area (Å²) in [6.45, 7) is 0.329. The van der Waals surface area contributed by atoms with Crippen LogP contribution in [-0.2, 0) is 16.4 Å². The topological polar surface area (TPSA) is 86.1 Å². The highest BCUT2D eigenvalue weighted by Gasteiger charge is 2.26. The number of ether oxygens (including phenoxy) is 1. The van der Waals surface area contributed by atoms with Crippen LogP contribution in [-0.4, -0.2) is 37.3 Å². The Labute approximate surface area is 162 Å². The molecule has 3 aromatic rings. The van der Waals surface area contributed by atoms with Crippen LogP contribution >= 0.6 is 12.4 Å². The Hall–Kier alpha value is -2.49. The molecule has 0 bridgehead atoms. The van der Waals surface area contributed by atoms with Crippen molar-refractivity contribution in [2.45, 2.75) is 16.5 Å². The summed E-state index contributed by atoms with van der Waals surface area (Å²) in [5.41, 5.74) is 0.411. The van der Waals surface area contributed by atoms with E-state index in [1.807, 2.05) is 0 Å². The Morgan fingerprint density at radius 2 is 2.00 bits per heavy atom. The lowest BCUT2D eigenvalue weighted by molar-refractivity contribution is 0.413. The van der Waals surface area contributed by atoms with Crippen LogP contribution in [0, 0.1) is 5.95 Å². The maximum absolute atomic E-state index is 14.2. The van der Waals surface area contributed by atoms with Gasteiger partial charge in [-0.15, -0.1) is 12.4 Å². The number of benzene rings is 1. The van der Waals surface area contributed by atoms with Crippen molar-refractivity contribution in [3.05, 3.63) is 60.3 Å². The quantitative estimate of drug-likeness (QED) is 0.625. The predicted molar refractivity (Wildman–Crippen MR) is 99.8 cm³/mol. The Bertz CT molecular complexity index is 1040. The summed E-state index contributed by atoms with van der Waals surface area (Å²) in [5.74, 6) is -0.408. The van der Waals surface area contributed by atoms with Crippen molar-refractivity contribution in [2.75, 3.05) is 14.2 Å². The van der Waals surface area contributed by atoms with Gasteiger partial charge in [-0.3, -0.25) is 0 Å². The molecule has 0 saturated carbocycles. The summed E-state index contributed by atoms with van der Waals surface area (Å²) >= 11 is 0. The molecule has 10 heteroatoms. The van der Waals surface area contributed by atoms with E-state index in [-0.39, 0.29) is 28.0 Å². The fourth-order valence-electron chi connectivity index (χ4n) is 2.47. The van der Waals surface area contributed by atoms with Crippen molar-refractivity contribution in [3.63, 3.8) is 0 Å². The zero-order chi connectivity index (χ0) is 18.7. The Morgan fingerprint density at radius 3 is 2.67 bits per heavy atom. The summed E-state index contributed by atoms with van der Waals surface area (Å²) in [6.07, 6.45) is 1.28. The third kappa shape index (κ3) is 4.10. The molecule has 2 aromatic heterocycles. The zero-order valence-corrected chi connectivity index (χ0v) is 16.2. The number of nitrogens with zero attached hydrogens (tertiary/aromatic N) is 3. The molecule has 0 atom stereocenters. The number of hydrogen-bond acceptors (Lipinski definition) is 6.